The van der Waals surface area contributed by atoms with Crippen molar-refractivity contribution < 1.29 is 14.7 Å². The molecule has 1 atom stereocenters. The van der Waals surface area contributed by atoms with Gasteiger partial charge in [-0.1, -0.05) is 13.8 Å². The first-order chi connectivity index (χ1) is 6.34. The molecule has 0 radical (unpaired) electrons. The fraction of sp³-hybridized carbons (Fsp3) is 0.778. The van der Waals surface area contributed by atoms with E-state index in [2.05, 4.69) is 5.32 Å². The lowest BCUT2D eigenvalue weighted by Crippen LogP contribution is -2.47. The van der Waals surface area contributed by atoms with Gasteiger partial charge in [0.05, 0.1) is 6.54 Å². The fourth-order valence-electron chi connectivity index (χ4n) is 1.02. The van der Waals surface area contributed by atoms with Gasteiger partial charge in [0.15, 0.2) is 0 Å². The van der Waals surface area contributed by atoms with Gasteiger partial charge in [-0.05, 0) is 20.0 Å². The van der Waals surface area contributed by atoms with Crippen LogP contribution in [0.3, 0.4) is 0 Å². The van der Waals surface area contributed by atoms with Gasteiger partial charge in [-0.3, -0.25) is 4.79 Å². The first-order valence-corrected chi connectivity index (χ1v) is 4.51. The van der Waals surface area contributed by atoms with Crippen molar-refractivity contribution in [3.05, 3.63) is 0 Å². The van der Waals surface area contributed by atoms with Crippen molar-refractivity contribution in [2.24, 2.45) is 5.92 Å². The van der Waals surface area contributed by atoms with E-state index in [4.69, 9.17) is 5.11 Å². The summed E-state index contributed by atoms with van der Waals surface area (Å²) < 4.78 is 0. The molecule has 0 fully saturated rings. The van der Waals surface area contributed by atoms with Gasteiger partial charge in [0, 0.05) is 0 Å². The summed E-state index contributed by atoms with van der Waals surface area (Å²) in [5, 5.41) is 11.3. The normalized spacial score (nSPS) is 13.0. The number of rotatable bonds is 5. The van der Waals surface area contributed by atoms with Crippen molar-refractivity contribution in [1.29, 1.82) is 0 Å². The van der Waals surface area contributed by atoms with Crippen LogP contribution in [0.4, 0.5) is 0 Å². The quantitative estimate of drug-likeness (QED) is 0.646. The van der Waals surface area contributed by atoms with Gasteiger partial charge in [-0.15, -0.1) is 0 Å². The number of nitrogens with one attached hydrogen (secondary N) is 1. The number of hydrogen-bond donors (Lipinski definition) is 2. The molecule has 0 unspecified atom stereocenters. The minimum atomic E-state index is -0.993. The Hall–Kier alpha value is -1.10. The summed E-state index contributed by atoms with van der Waals surface area (Å²) in [6.07, 6.45) is 0. The van der Waals surface area contributed by atoms with Crippen LogP contribution in [-0.4, -0.2) is 48.6 Å². The molecular weight excluding hydrogens is 184 g/mol. The van der Waals surface area contributed by atoms with Gasteiger partial charge in [-0.25, -0.2) is 4.79 Å². The molecule has 0 rings (SSSR count). The molecule has 0 aromatic rings. The van der Waals surface area contributed by atoms with E-state index in [-0.39, 0.29) is 18.4 Å². The first kappa shape index (κ1) is 12.9. The molecule has 0 saturated heterocycles. The van der Waals surface area contributed by atoms with Crippen LogP contribution in [0.1, 0.15) is 13.8 Å². The van der Waals surface area contributed by atoms with Crippen LogP contribution in [0, 0.1) is 5.92 Å². The zero-order valence-electron chi connectivity index (χ0n) is 9.07. The van der Waals surface area contributed by atoms with Crippen LogP contribution in [0.5, 0.6) is 0 Å². The maximum atomic E-state index is 11.3. The first-order valence-electron chi connectivity index (χ1n) is 4.51. The number of carboxylic acid groups (broad SMARTS) is 1. The number of amides is 1. The SMILES string of the molecule is CC(C)[C@@H](NC(=O)CN(C)C)C(=O)O. The molecular formula is C9H18N2O3. The molecule has 0 aliphatic rings. The minimum Gasteiger partial charge on any atom is -0.480 e. The van der Waals surface area contributed by atoms with Crippen molar-refractivity contribution in [2.75, 3.05) is 20.6 Å². The summed E-state index contributed by atoms with van der Waals surface area (Å²) in [5.74, 6) is -1.37. The molecule has 2 N–H and O–H groups in total. The Morgan fingerprint density at radius 2 is 1.86 bits per heavy atom. The van der Waals surface area contributed by atoms with Gasteiger partial charge in [0.2, 0.25) is 5.91 Å². The lowest BCUT2D eigenvalue weighted by Gasteiger charge is -2.19. The molecule has 5 heteroatoms. The Bertz CT molecular complexity index is 214. The number of carboxylic acids is 1. The third kappa shape index (κ3) is 4.81. The average Bonchev–Trinajstić information content (AvgIpc) is 1.97. The smallest absolute Gasteiger partial charge is 0.326 e. The molecule has 0 aliphatic carbocycles. The van der Waals surface area contributed by atoms with Crippen molar-refractivity contribution in [1.82, 2.24) is 10.2 Å². The lowest BCUT2D eigenvalue weighted by molar-refractivity contribution is -0.143. The molecule has 82 valence electrons. The summed E-state index contributed by atoms with van der Waals surface area (Å²) in [6, 6.07) is -0.803. The van der Waals surface area contributed by atoms with Crippen LogP contribution in [0.2, 0.25) is 0 Å². The van der Waals surface area contributed by atoms with Crippen LogP contribution in [0.25, 0.3) is 0 Å². The predicted octanol–water partition coefficient (Wildman–Crippen LogP) is -0.227. The zero-order chi connectivity index (χ0) is 11.3. The van der Waals surface area contributed by atoms with Gasteiger partial charge >= 0.3 is 5.97 Å². The average molecular weight is 202 g/mol. The number of likely N-dealkylation sites (N-methyl/N-ethyl adjacent to an activating group) is 1. The van der Waals surface area contributed by atoms with E-state index in [1.165, 1.54) is 0 Å². The van der Waals surface area contributed by atoms with Crippen molar-refractivity contribution in [3.63, 3.8) is 0 Å². The van der Waals surface area contributed by atoms with E-state index in [1.807, 2.05) is 0 Å². The summed E-state index contributed by atoms with van der Waals surface area (Å²) in [7, 11) is 3.51. The number of carbonyl (C=O) groups excluding carboxylic acids is 1. The molecule has 0 bridgehead atoms. The molecule has 0 saturated carbocycles. The molecule has 0 aliphatic heterocycles. The Kier molecular flexibility index (Phi) is 5.15. The van der Waals surface area contributed by atoms with Gasteiger partial charge in [-0.2, -0.15) is 0 Å². The summed E-state index contributed by atoms with van der Waals surface area (Å²) in [6.45, 7) is 3.72. The minimum absolute atomic E-state index is 0.112. The Labute approximate surface area is 84.1 Å². The summed E-state index contributed by atoms with van der Waals surface area (Å²) >= 11 is 0. The van der Waals surface area contributed by atoms with Crippen molar-refractivity contribution in [3.8, 4) is 0 Å². The third-order valence-electron chi connectivity index (χ3n) is 1.71. The summed E-state index contributed by atoms with van der Waals surface area (Å²) in [4.78, 5) is 23.7. The Balaban J connectivity index is 4.17. The third-order valence-corrected chi connectivity index (χ3v) is 1.71. The Morgan fingerprint density at radius 3 is 2.14 bits per heavy atom. The molecule has 1 amide bonds. The number of nitrogens with zero attached hydrogens (tertiary/aromatic N) is 1. The molecule has 5 nitrogen and oxygen atoms in total. The van der Waals surface area contributed by atoms with Gasteiger partial charge in [0.1, 0.15) is 6.04 Å². The second-order valence-electron chi connectivity index (χ2n) is 3.87. The van der Waals surface area contributed by atoms with E-state index in [1.54, 1.807) is 32.8 Å². The van der Waals surface area contributed by atoms with Gasteiger partial charge in [0.25, 0.3) is 0 Å². The predicted molar refractivity (Wildman–Crippen MR) is 53.0 cm³/mol. The Morgan fingerprint density at radius 1 is 1.36 bits per heavy atom. The van der Waals surface area contributed by atoms with Crippen LogP contribution < -0.4 is 5.32 Å². The monoisotopic (exact) mass is 202 g/mol. The topological polar surface area (TPSA) is 69.6 Å². The maximum absolute atomic E-state index is 11.3. The molecule has 0 spiro atoms. The van der Waals surface area contributed by atoms with Crippen LogP contribution >= 0.6 is 0 Å². The fourth-order valence-corrected chi connectivity index (χ4v) is 1.02. The van der Waals surface area contributed by atoms with Crippen molar-refractivity contribution >= 4 is 11.9 Å². The number of hydrogen-bond acceptors (Lipinski definition) is 3. The molecule has 14 heavy (non-hydrogen) atoms. The highest BCUT2D eigenvalue weighted by Crippen LogP contribution is 2.01. The lowest BCUT2D eigenvalue weighted by atomic mass is 10.1. The van der Waals surface area contributed by atoms with E-state index in [0.717, 1.165) is 0 Å². The summed E-state index contributed by atoms with van der Waals surface area (Å²) in [5.41, 5.74) is 0. The second-order valence-corrected chi connectivity index (χ2v) is 3.87. The zero-order valence-corrected chi connectivity index (χ0v) is 9.07. The molecule has 0 heterocycles. The highest BCUT2D eigenvalue weighted by Gasteiger charge is 2.23. The maximum Gasteiger partial charge on any atom is 0.326 e. The highest BCUT2D eigenvalue weighted by molar-refractivity contribution is 5.84. The van der Waals surface area contributed by atoms with Crippen molar-refractivity contribution in [2.45, 2.75) is 19.9 Å². The second kappa shape index (κ2) is 5.59. The standard InChI is InChI=1S/C9H18N2O3/c1-6(2)8(9(13)14)10-7(12)5-11(3)4/h6,8H,5H2,1-4H3,(H,10,12)(H,13,14)/t8-/m1/s1. The van der Waals surface area contributed by atoms with Crippen LogP contribution in [0.15, 0.2) is 0 Å². The number of aliphatic carboxylic acids is 1. The van der Waals surface area contributed by atoms with E-state index >= 15 is 0 Å². The van der Waals surface area contributed by atoms with E-state index in [9.17, 15) is 9.59 Å². The molecule has 0 aromatic heterocycles. The van der Waals surface area contributed by atoms with Gasteiger partial charge < -0.3 is 15.3 Å². The molecule has 0 aromatic carbocycles. The van der Waals surface area contributed by atoms with Crippen LogP contribution in [-0.2, 0) is 9.59 Å². The van der Waals surface area contributed by atoms with E-state index < -0.39 is 12.0 Å². The van der Waals surface area contributed by atoms with E-state index in [0.29, 0.717) is 0 Å². The largest absolute Gasteiger partial charge is 0.480 e. The highest BCUT2D eigenvalue weighted by atomic mass is 16.4. The number of carbonyl (C=O) groups is 2.